The summed E-state index contributed by atoms with van der Waals surface area (Å²) >= 11 is 0. The summed E-state index contributed by atoms with van der Waals surface area (Å²) in [6.45, 7) is 4.41. The fraction of sp³-hybridized carbons (Fsp3) is 0.615. The number of aromatic nitrogens is 1. The maximum Gasteiger partial charge on any atom is 0.267 e. The summed E-state index contributed by atoms with van der Waals surface area (Å²) in [5, 5.41) is 2.83. The molecule has 1 fully saturated rings. The summed E-state index contributed by atoms with van der Waals surface area (Å²) in [4.78, 5) is 12.2. The number of halogens is 1. The lowest BCUT2D eigenvalue weighted by atomic mass is 10.1. The lowest BCUT2D eigenvalue weighted by Crippen LogP contribution is -2.31. The number of carbonyl (C=O) groups excluding carboxylic acids is 1. The molecule has 0 bridgehead atoms. The molecule has 1 aliphatic heterocycles. The van der Waals surface area contributed by atoms with Crippen molar-refractivity contribution in [2.45, 2.75) is 31.2 Å². The molecule has 1 aromatic heterocycles. The van der Waals surface area contributed by atoms with Crippen LogP contribution in [0.2, 0.25) is 0 Å². The van der Waals surface area contributed by atoms with Gasteiger partial charge in [0.2, 0.25) is 0 Å². The van der Waals surface area contributed by atoms with E-state index in [1.165, 1.54) is 12.3 Å². The van der Waals surface area contributed by atoms with Gasteiger partial charge in [0, 0.05) is 42.5 Å². The van der Waals surface area contributed by atoms with Crippen molar-refractivity contribution in [1.82, 2.24) is 9.88 Å². The van der Waals surface area contributed by atoms with Crippen LogP contribution in [0, 0.1) is 5.92 Å². The lowest BCUT2D eigenvalue weighted by Gasteiger charge is -2.11. The Balaban J connectivity index is 2.12. The first-order valence-electron chi connectivity index (χ1n) is 6.92. The smallest absolute Gasteiger partial charge is 0.267 e. The Hall–Kier alpha value is -1.05. The van der Waals surface area contributed by atoms with Crippen molar-refractivity contribution in [2.75, 3.05) is 19.8 Å². The molecule has 2 heterocycles. The van der Waals surface area contributed by atoms with Gasteiger partial charge in [0.15, 0.2) is 0 Å². The van der Waals surface area contributed by atoms with E-state index in [0.29, 0.717) is 31.3 Å². The first kappa shape index (κ1) is 16.3. The molecule has 0 radical (unpaired) electrons. The Labute approximate surface area is 128 Å². The van der Waals surface area contributed by atoms with E-state index in [0.717, 1.165) is 19.4 Å². The van der Waals surface area contributed by atoms with E-state index in [9.17, 15) is 13.2 Å². The molecule has 8 heteroatoms. The fourth-order valence-corrected chi connectivity index (χ4v) is 3.06. The second-order valence-corrected chi connectivity index (χ2v) is 7.70. The van der Waals surface area contributed by atoms with Crippen LogP contribution in [0.5, 0.6) is 0 Å². The Morgan fingerprint density at radius 2 is 2.33 bits per heavy atom. The predicted molar refractivity (Wildman–Crippen MR) is 79.0 cm³/mol. The third-order valence-corrected chi connectivity index (χ3v) is 4.75. The minimum atomic E-state index is -3.84. The van der Waals surface area contributed by atoms with Crippen LogP contribution in [0.15, 0.2) is 17.2 Å². The summed E-state index contributed by atoms with van der Waals surface area (Å²) in [5.74, 6) is 0.0293. The maximum absolute atomic E-state index is 12.2. The van der Waals surface area contributed by atoms with Gasteiger partial charge >= 0.3 is 0 Å². The molecular weight excluding hydrogens is 316 g/mol. The van der Waals surface area contributed by atoms with Gasteiger partial charge in [-0.05, 0) is 18.9 Å². The highest BCUT2D eigenvalue weighted by Gasteiger charge is 2.21. The maximum atomic E-state index is 12.2. The molecule has 0 aromatic carbocycles. The average Bonchev–Trinajstić information content (AvgIpc) is 3.04. The first-order valence-corrected chi connectivity index (χ1v) is 9.23. The van der Waals surface area contributed by atoms with E-state index in [1.807, 2.05) is 6.92 Å². The summed E-state index contributed by atoms with van der Waals surface area (Å²) in [6, 6.07) is 1.32. The van der Waals surface area contributed by atoms with Crippen LogP contribution in [0.4, 0.5) is 0 Å². The van der Waals surface area contributed by atoms with E-state index >= 15 is 0 Å². The van der Waals surface area contributed by atoms with E-state index in [-0.39, 0.29) is 10.8 Å². The zero-order valence-corrected chi connectivity index (χ0v) is 13.4. The molecule has 0 saturated carbocycles. The topological polar surface area (TPSA) is 77.4 Å². The van der Waals surface area contributed by atoms with Crippen LogP contribution in [0.25, 0.3) is 0 Å². The molecule has 1 atom stereocenters. The molecule has 0 aliphatic carbocycles. The van der Waals surface area contributed by atoms with Crippen molar-refractivity contribution in [3.63, 3.8) is 0 Å². The average molecular weight is 335 g/mol. The number of hydrogen-bond donors (Lipinski definition) is 1. The normalized spacial score (nSPS) is 18.9. The summed E-state index contributed by atoms with van der Waals surface area (Å²) in [5.41, 5.74) is 0.315. The molecule has 21 heavy (non-hydrogen) atoms. The first-order chi connectivity index (χ1) is 9.91. The molecule has 1 amide bonds. The molecular formula is C13H19ClN2O4S. The van der Waals surface area contributed by atoms with Crippen molar-refractivity contribution in [1.29, 1.82) is 0 Å². The number of nitrogens with zero attached hydrogens (tertiary/aromatic N) is 1. The van der Waals surface area contributed by atoms with Gasteiger partial charge in [-0.1, -0.05) is 6.92 Å². The number of carbonyl (C=O) groups is 1. The Morgan fingerprint density at radius 1 is 1.57 bits per heavy atom. The van der Waals surface area contributed by atoms with Crippen molar-refractivity contribution < 1.29 is 17.9 Å². The van der Waals surface area contributed by atoms with E-state index < -0.39 is 9.05 Å². The SMILES string of the molecule is CCCn1cc(S(=O)(=O)Cl)cc1C(=O)NCC1CCOC1. The van der Waals surface area contributed by atoms with Crippen molar-refractivity contribution in [3.8, 4) is 0 Å². The van der Waals surface area contributed by atoms with Crippen LogP contribution in [0.1, 0.15) is 30.3 Å². The highest BCUT2D eigenvalue weighted by atomic mass is 35.7. The number of ether oxygens (including phenoxy) is 1. The second-order valence-electron chi connectivity index (χ2n) is 5.13. The molecule has 1 aromatic rings. The van der Waals surface area contributed by atoms with Gasteiger partial charge in [-0.15, -0.1) is 0 Å². The Bertz CT molecular complexity index is 606. The number of aryl methyl sites for hydroxylation is 1. The molecule has 6 nitrogen and oxygen atoms in total. The largest absolute Gasteiger partial charge is 0.381 e. The van der Waals surface area contributed by atoms with Gasteiger partial charge in [-0.25, -0.2) is 8.42 Å². The van der Waals surface area contributed by atoms with E-state index in [4.69, 9.17) is 15.4 Å². The van der Waals surface area contributed by atoms with Crippen LogP contribution >= 0.6 is 10.7 Å². The molecule has 1 unspecified atom stereocenters. The summed E-state index contributed by atoms with van der Waals surface area (Å²) in [6.07, 6.45) is 3.12. The quantitative estimate of drug-likeness (QED) is 0.801. The van der Waals surface area contributed by atoms with Crippen molar-refractivity contribution in [2.24, 2.45) is 5.92 Å². The summed E-state index contributed by atoms with van der Waals surface area (Å²) in [7, 11) is 1.50. The van der Waals surface area contributed by atoms with Gasteiger partial charge in [-0.2, -0.15) is 0 Å². The lowest BCUT2D eigenvalue weighted by molar-refractivity contribution is 0.0935. The van der Waals surface area contributed by atoms with Crippen LogP contribution < -0.4 is 5.32 Å². The number of amides is 1. The van der Waals surface area contributed by atoms with E-state index in [2.05, 4.69) is 5.32 Å². The fourth-order valence-electron chi connectivity index (χ4n) is 2.31. The van der Waals surface area contributed by atoms with Crippen LogP contribution in [0.3, 0.4) is 0 Å². The standard InChI is InChI=1S/C13H19ClN2O4S/c1-2-4-16-8-11(21(14,18)19)6-12(16)13(17)15-7-10-3-5-20-9-10/h6,8,10H,2-5,7,9H2,1H3,(H,15,17). The minimum Gasteiger partial charge on any atom is -0.381 e. The van der Waals surface area contributed by atoms with Gasteiger partial charge in [-0.3, -0.25) is 4.79 Å². The molecule has 1 N–H and O–H groups in total. The molecule has 2 rings (SSSR count). The monoisotopic (exact) mass is 334 g/mol. The number of rotatable bonds is 6. The Kier molecular flexibility index (Phi) is 5.29. The third kappa shape index (κ3) is 4.21. The summed E-state index contributed by atoms with van der Waals surface area (Å²) < 4.78 is 29.7. The zero-order valence-electron chi connectivity index (χ0n) is 11.8. The van der Waals surface area contributed by atoms with Gasteiger partial charge in [0.05, 0.1) is 6.61 Å². The molecule has 1 saturated heterocycles. The van der Waals surface area contributed by atoms with Crippen molar-refractivity contribution in [3.05, 3.63) is 18.0 Å². The third-order valence-electron chi connectivity index (χ3n) is 3.43. The highest BCUT2D eigenvalue weighted by molar-refractivity contribution is 8.13. The van der Waals surface area contributed by atoms with Gasteiger partial charge < -0.3 is 14.6 Å². The Morgan fingerprint density at radius 3 is 2.90 bits per heavy atom. The van der Waals surface area contributed by atoms with Crippen LogP contribution in [-0.4, -0.2) is 38.7 Å². The predicted octanol–water partition coefficient (Wildman–Crippen LogP) is 1.59. The zero-order chi connectivity index (χ0) is 15.5. The minimum absolute atomic E-state index is 0.0491. The molecule has 118 valence electrons. The number of hydrogen-bond acceptors (Lipinski definition) is 4. The highest BCUT2D eigenvalue weighted by Crippen LogP contribution is 2.19. The molecule has 1 aliphatic rings. The van der Waals surface area contributed by atoms with E-state index in [1.54, 1.807) is 4.57 Å². The van der Waals surface area contributed by atoms with Gasteiger partial charge in [0.25, 0.3) is 15.0 Å². The van der Waals surface area contributed by atoms with Crippen LogP contribution in [-0.2, 0) is 20.3 Å². The van der Waals surface area contributed by atoms with Gasteiger partial charge in [0.1, 0.15) is 10.6 Å². The van der Waals surface area contributed by atoms with Crippen molar-refractivity contribution >= 4 is 25.6 Å². The number of nitrogens with one attached hydrogen (secondary N) is 1. The second kappa shape index (κ2) is 6.81. The molecule has 0 spiro atoms.